The second-order valence-electron chi connectivity index (χ2n) is 5.94. The lowest BCUT2D eigenvalue weighted by atomic mass is 9.82. The van der Waals surface area contributed by atoms with Gasteiger partial charge in [0.15, 0.2) is 0 Å². The van der Waals surface area contributed by atoms with E-state index < -0.39 is 0 Å². The fourth-order valence-corrected chi connectivity index (χ4v) is 3.18. The highest BCUT2D eigenvalue weighted by molar-refractivity contribution is 6.30. The molecule has 0 aromatic heterocycles. The largest absolute Gasteiger partial charge is 0.310 e. The smallest absolute Gasteiger partial charge is 0.141 e. The molecule has 1 N–H and O–H groups in total. The van der Waals surface area contributed by atoms with Crippen LogP contribution in [0.4, 0.5) is 4.39 Å². The average molecular weight is 284 g/mol. The van der Waals surface area contributed by atoms with Gasteiger partial charge in [-0.05, 0) is 55.8 Å². The highest BCUT2D eigenvalue weighted by Gasteiger charge is 2.19. The van der Waals surface area contributed by atoms with Crippen molar-refractivity contribution < 1.29 is 4.39 Å². The van der Waals surface area contributed by atoms with Crippen LogP contribution in [0.1, 0.15) is 51.1 Å². The van der Waals surface area contributed by atoms with E-state index in [0.717, 1.165) is 23.9 Å². The summed E-state index contributed by atoms with van der Waals surface area (Å²) < 4.78 is 13.1. The van der Waals surface area contributed by atoms with E-state index in [1.54, 1.807) is 6.07 Å². The summed E-state index contributed by atoms with van der Waals surface area (Å²) >= 11 is 5.82. The van der Waals surface area contributed by atoms with Gasteiger partial charge in [-0.3, -0.25) is 0 Å². The summed E-state index contributed by atoms with van der Waals surface area (Å²) in [4.78, 5) is 0. The van der Waals surface area contributed by atoms with E-state index in [0.29, 0.717) is 0 Å². The lowest BCUT2D eigenvalue weighted by molar-refractivity contribution is 0.268. The van der Waals surface area contributed by atoms with Crippen molar-refractivity contribution in [2.45, 2.75) is 45.6 Å². The summed E-state index contributed by atoms with van der Waals surface area (Å²) in [6, 6.07) is 5.19. The Morgan fingerprint density at radius 1 is 1.42 bits per heavy atom. The third-order valence-electron chi connectivity index (χ3n) is 4.20. The van der Waals surface area contributed by atoms with E-state index in [1.807, 2.05) is 6.07 Å². The van der Waals surface area contributed by atoms with Gasteiger partial charge in [0.1, 0.15) is 5.82 Å². The molecule has 2 rings (SSSR count). The first-order chi connectivity index (χ1) is 9.06. The quantitative estimate of drug-likeness (QED) is 0.824. The number of benzene rings is 1. The second-order valence-corrected chi connectivity index (χ2v) is 6.35. The molecule has 0 radical (unpaired) electrons. The van der Waals surface area contributed by atoms with Gasteiger partial charge < -0.3 is 5.32 Å². The molecule has 0 saturated heterocycles. The highest BCUT2D eigenvalue weighted by Crippen LogP contribution is 2.28. The predicted molar refractivity (Wildman–Crippen MR) is 78.9 cm³/mol. The maximum Gasteiger partial charge on any atom is 0.141 e. The molecule has 0 bridgehead atoms. The van der Waals surface area contributed by atoms with Crippen LogP contribution >= 0.6 is 11.6 Å². The molecule has 1 aromatic carbocycles. The van der Waals surface area contributed by atoms with Gasteiger partial charge in [-0.2, -0.15) is 0 Å². The summed E-state index contributed by atoms with van der Waals surface area (Å²) in [7, 11) is 0. The molecule has 0 amide bonds. The van der Waals surface area contributed by atoms with E-state index >= 15 is 0 Å². The number of hydrogen-bond donors (Lipinski definition) is 1. The van der Waals surface area contributed by atoms with Crippen LogP contribution in [-0.4, -0.2) is 6.54 Å². The Labute approximate surface area is 120 Å². The predicted octanol–water partition coefficient (Wildman–Crippen LogP) is 4.96. The minimum Gasteiger partial charge on any atom is -0.310 e. The molecule has 106 valence electrons. The van der Waals surface area contributed by atoms with E-state index in [9.17, 15) is 4.39 Å². The zero-order valence-corrected chi connectivity index (χ0v) is 12.5. The van der Waals surface area contributed by atoms with Crippen molar-refractivity contribution in [3.63, 3.8) is 0 Å². The van der Waals surface area contributed by atoms with E-state index in [-0.39, 0.29) is 16.9 Å². The maximum absolute atomic E-state index is 13.1. The minimum absolute atomic E-state index is 0.206. The molecule has 19 heavy (non-hydrogen) atoms. The van der Waals surface area contributed by atoms with Gasteiger partial charge in [0.2, 0.25) is 0 Å². The zero-order valence-electron chi connectivity index (χ0n) is 11.8. The Balaban J connectivity index is 1.86. The van der Waals surface area contributed by atoms with Crippen molar-refractivity contribution >= 4 is 11.6 Å². The SMILES string of the molecule is CC1CCCC(CNC(C)c2ccc(F)c(Cl)c2)C1. The zero-order chi connectivity index (χ0) is 13.8. The molecule has 3 heteroatoms. The second kappa shape index (κ2) is 6.71. The molecule has 1 aliphatic carbocycles. The van der Waals surface area contributed by atoms with Gasteiger partial charge in [-0.15, -0.1) is 0 Å². The molecule has 1 fully saturated rings. The summed E-state index contributed by atoms with van der Waals surface area (Å²) in [5.41, 5.74) is 1.05. The third kappa shape index (κ3) is 4.19. The van der Waals surface area contributed by atoms with Crippen molar-refractivity contribution in [2.24, 2.45) is 11.8 Å². The lowest BCUT2D eigenvalue weighted by Crippen LogP contribution is -2.28. The van der Waals surface area contributed by atoms with Gasteiger partial charge in [-0.1, -0.05) is 37.4 Å². The Hall–Kier alpha value is -0.600. The van der Waals surface area contributed by atoms with Crippen LogP contribution in [0.5, 0.6) is 0 Å². The number of halogens is 2. The van der Waals surface area contributed by atoms with E-state index in [1.165, 1.54) is 31.7 Å². The van der Waals surface area contributed by atoms with Gasteiger partial charge >= 0.3 is 0 Å². The van der Waals surface area contributed by atoms with Gasteiger partial charge in [-0.25, -0.2) is 4.39 Å². The standard InChI is InChI=1S/C16H23ClFN/c1-11-4-3-5-13(8-11)10-19-12(2)14-6-7-16(18)15(17)9-14/h6-7,9,11-13,19H,3-5,8,10H2,1-2H3. The third-order valence-corrected chi connectivity index (χ3v) is 4.49. The molecular weight excluding hydrogens is 261 g/mol. The molecule has 1 nitrogen and oxygen atoms in total. The fraction of sp³-hybridized carbons (Fsp3) is 0.625. The molecule has 0 heterocycles. The molecule has 1 saturated carbocycles. The highest BCUT2D eigenvalue weighted by atomic mass is 35.5. The Kier molecular flexibility index (Phi) is 5.23. The Bertz CT molecular complexity index is 421. The van der Waals surface area contributed by atoms with Gasteiger partial charge in [0.25, 0.3) is 0 Å². The van der Waals surface area contributed by atoms with Crippen molar-refractivity contribution in [1.82, 2.24) is 5.32 Å². The first kappa shape index (κ1) is 14.8. The Morgan fingerprint density at radius 3 is 2.89 bits per heavy atom. The molecule has 3 unspecified atom stereocenters. The summed E-state index contributed by atoms with van der Waals surface area (Å²) in [6.07, 6.45) is 5.38. The first-order valence-electron chi connectivity index (χ1n) is 7.24. The lowest BCUT2D eigenvalue weighted by Gasteiger charge is -2.28. The van der Waals surface area contributed by atoms with Crippen LogP contribution in [0, 0.1) is 17.7 Å². The van der Waals surface area contributed by atoms with Gasteiger partial charge in [0.05, 0.1) is 5.02 Å². The van der Waals surface area contributed by atoms with Crippen molar-refractivity contribution in [1.29, 1.82) is 0 Å². The van der Waals surface area contributed by atoms with E-state index in [2.05, 4.69) is 19.2 Å². The van der Waals surface area contributed by atoms with Gasteiger partial charge in [0, 0.05) is 6.04 Å². The normalized spacial score (nSPS) is 25.3. The molecule has 0 aliphatic heterocycles. The number of nitrogens with one attached hydrogen (secondary N) is 1. The van der Waals surface area contributed by atoms with Crippen molar-refractivity contribution in [3.8, 4) is 0 Å². The molecule has 1 aliphatic rings. The number of hydrogen-bond acceptors (Lipinski definition) is 1. The van der Waals surface area contributed by atoms with Crippen LogP contribution in [0.3, 0.4) is 0 Å². The summed E-state index contributed by atoms with van der Waals surface area (Å²) in [6.45, 7) is 5.49. The van der Waals surface area contributed by atoms with Crippen LogP contribution in [0.15, 0.2) is 18.2 Å². The fourth-order valence-electron chi connectivity index (χ4n) is 2.99. The summed E-state index contributed by atoms with van der Waals surface area (Å²) in [5, 5.41) is 3.76. The summed E-state index contributed by atoms with van der Waals surface area (Å²) in [5.74, 6) is 1.29. The van der Waals surface area contributed by atoms with Crippen LogP contribution < -0.4 is 5.32 Å². The average Bonchev–Trinajstić information content (AvgIpc) is 2.39. The Morgan fingerprint density at radius 2 is 2.21 bits per heavy atom. The number of rotatable bonds is 4. The topological polar surface area (TPSA) is 12.0 Å². The molecular formula is C16H23ClFN. The molecule has 3 atom stereocenters. The minimum atomic E-state index is -0.348. The monoisotopic (exact) mass is 283 g/mol. The molecule has 1 aromatic rings. The molecule has 0 spiro atoms. The van der Waals surface area contributed by atoms with Crippen LogP contribution in [0.25, 0.3) is 0 Å². The first-order valence-corrected chi connectivity index (χ1v) is 7.62. The van der Waals surface area contributed by atoms with Crippen LogP contribution in [0.2, 0.25) is 5.02 Å². The van der Waals surface area contributed by atoms with Crippen LogP contribution in [-0.2, 0) is 0 Å². The van der Waals surface area contributed by atoms with Crippen molar-refractivity contribution in [3.05, 3.63) is 34.6 Å². The maximum atomic E-state index is 13.1. The van der Waals surface area contributed by atoms with E-state index in [4.69, 9.17) is 11.6 Å². The van der Waals surface area contributed by atoms with Crippen molar-refractivity contribution in [2.75, 3.05) is 6.54 Å².